The van der Waals surface area contributed by atoms with Crippen molar-refractivity contribution < 1.29 is 0 Å². The van der Waals surface area contributed by atoms with E-state index in [9.17, 15) is 0 Å². The fraction of sp³-hybridized carbons (Fsp3) is 0.286. The van der Waals surface area contributed by atoms with Crippen LogP contribution in [0.3, 0.4) is 0 Å². The molecule has 3 rings (SSSR count). The molecule has 0 spiro atoms. The third kappa shape index (κ3) is 2.06. The Labute approximate surface area is 101 Å². The molecule has 0 aliphatic carbocycles. The number of nitrogens with one attached hydrogen (secondary N) is 1. The Balaban J connectivity index is 2.02. The molecular formula is C14H15N3. The zero-order valence-electron chi connectivity index (χ0n) is 9.85. The summed E-state index contributed by atoms with van der Waals surface area (Å²) in [5.41, 5.74) is 3.23. The number of rotatable bonds is 2. The van der Waals surface area contributed by atoms with Crippen LogP contribution in [0.2, 0.25) is 0 Å². The molecule has 17 heavy (non-hydrogen) atoms. The third-order valence-electron chi connectivity index (χ3n) is 3.09. The molecule has 1 fully saturated rings. The maximum Gasteiger partial charge on any atom is 0.134 e. The summed E-state index contributed by atoms with van der Waals surface area (Å²) in [7, 11) is 0. The van der Waals surface area contributed by atoms with Crippen LogP contribution in [-0.4, -0.2) is 23.1 Å². The minimum Gasteiger partial charge on any atom is -0.315 e. The van der Waals surface area contributed by atoms with Crippen molar-refractivity contribution in [1.29, 1.82) is 0 Å². The van der Waals surface area contributed by atoms with Crippen LogP contribution in [0.25, 0.3) is 11.3 Å². The van der Waals surface area contributed by atoms with Crippen molar-refractivity contribution in [1.82, 2.24) is 15.3 Å². The van der Waals surface area contributed by atoms with Crippen molar-refractivity contribution in [3.63, 3.8) is 0 Å². The van der Waals surface area contributed by atoms with Crippen LogP contribution >= 0.6 is 0 Å². The van der Waals surface area contributed by atoms with Gasteiger partial charge in [0.25, 0.3) is 0 Å². The predicted octanol–water partition coefficient (Wildman–Crippen LogP) is 2.14. The quantitative estimate of drug-likeness (QED) is 0.851. The highest BCUT2D eigenvalue weighted by Crippen LogP contribution is 2.22. The van der Waals surface area contributed by atoms with Gasteiger partial charge in [0.15, 0.2) is 0 Å². The molecule has 0 atom stereocenters. The number of nitrogens with zero attached hydrogens (tertiary/aromatic N) is 2. The van der Waals surface area contributed by atoms with Gasteiger partial charge in [0.1, 0.15) is 5.82 Å². The van der Waals surface area contributed by atoms with Gasteiger partial charge in [-0.05, 0) is 13.0 Å². The van der Waals surface area contributed by atoms with Crippen molar-refractivity contribution >= 4 is 0 Å². The van der Waals surface area contributed by atoms with E-state index in [4.69, 9.17) is 0 Å². The summed E-state index contributed by atoms with van der Waals surface area (Å²) in [5.74, 6) is 1.46. The fourth-order valence-corrected chi connectivity index (χ4v) is 2.00. The average Bonchev–Trinajstić information content (AvgIpc) is 2.27. The lowest BCUT2D eigenvalue weighted by atomic mass is 10.0. The van der Waals surface area contributed by atoms with Gasteiger partial charge in [-0.1, -0.05) is 30.3 Å². The molecule has 1 aliphatic rings. The molecule has 0 amide bonds. The van der Waals surface area contributed by atoms with Crippen LogP contribution in [0.5, 0.6) is 0 Å². The zero-order chi connectivity index (χ0) is 11.7. The minimum absolute atomic E-state index is 0.484. The molecule has 2 heterocycles. The Hall–Kier alpha value is -1.74. The predicted molar refractivity (Wildman–Crippen MR) is 67.8 cm³/mol. The summed E-state index contributed by atoms with van der Waals surface area (Å²) in [5, 5.41) is 3.26. The lowest BCUT2D eigenvalue weighted by molar-refractivity contribution is 0.429. The maximum absolute atomic E-state index is 4.67. The van der Waals surface area contributed by atoms with Gasteiger partial charge in [0.05, 0.1) is 5.69 Å². The summed E-state index contributed by atoms with van der Waals surface area (Å²) in [6.07, 6.45) is 0. The van der Waals surface area contributed by atoms with E-state index in [1.165, 1.54) is 0 Å². The highest BCUT2D eigenvalue weighted by molar-refractivity contribution is 5.59. The Bertz CT molecular complexity index is 518. The monoisotopic (exact) mass is 225 g/mol. The van der Waals surface area contributed by atoms with Gasteiger partial charge in [-0.25, -0.2) is 9.97 Å². The lowest BCUT2D eigenvalue weighted by Crippen LogP contribution is -2.41. The highest BCUT2D eigenvalue weighted by Gasteiger charge is 2.22. The first-order chi connectivity index (χ1) is 8.33. The number of hydrogen-bond donors (Lipinski definition) is 1. The Morgan fingerprint density at radius 1 is 1.12 bits per heavy atom. The van der Waals surface area contributed by atoms with Gasteiger partial charge in [-0.3, -0.25) is 0 Å². The molecule has 0 saturated carbocycles. The molecule has 1 aromatic carbocycles. The van der Waals surface area contributed by atoms with Crippen LogP contribution in [0.1, 0.15) is 17.4 Å². The second-order valence-corrected chi connectivity index (χ2v) is 4.47. The van der Waals surface area contributed by atoms with Crippen molar-refractivity contribution in [3.8, 4) is 11.3 Å². The standard InChI is InChI=1S/C14H15N3/c1-10-7-13(11-5-3-2-4-6-11)17-14(16-10)12-8-15-9-12/h2-7,12,15H,8-9H2,1H3. The first kappa shape index (κ1) is 10.4. The van der Waals surface area contributed by atoms with Crippen LogP contribution in [-0.2, 0) is 0 Å². The molecule has 0 radical (unpaired) electrons. The van der Waals surface area contributed by atoms with E-state index in [1.807, 2.05) is 31.2 Å². The summed E-state index contributed by atoms with van der Waals surface area (Å²) in [6.45, 7) is 4.03. The number of hydrogen-bond acceptors (Lipinski definition) is 3. The molecular weight excluding hydrogens is 210 g/mol. The largest absolute Gasteiger partial charge is 0.315 e. The van der Waals surface area contributed by atoms with Crippen LogP contribution < -0.4 is 5.32 Å². The maximum atomic E-state index is 4.67. The first-order valence-corrected chi connectivity index (χ1v) is 5.94. The normalized spacial score (nSPS) is 15.6. The van der Waals surface area contributed by atoms with Gasteiger partial charge in [-0.2, -0.15) is 0 Å². The molecule has 1 N–H and O–H groups in total. The van der Waals surface area contributed by atoms with Crippen molar-refractivity contribution in [2.45, 2.75) is 12.8 Å². The molecule has 0 bridgehead atoms. The Kier molecular flexibility index (Phi) is 2.61. The Morgan fingerprint density at radius 3 is 2.53 bits per heavy atom. The van der Waals surface area contributed by atoms with Crippen molar-refractivity contribution in [2.24, 2.45) is 0 Å². The summed E-state index contributed by atoms with van der Waals surface area (Å²) in [4.78, 5) is 9.20. The van der Waals surface area contributed by atoms with Gasteiger partial charge in [0, 0.05) is 30.3 Å². The van der Waals surface area contributed by atoms with E-state index in [1.54, 1.807) is 0 Å². The highest BCUT2D eigenvalue weighted by atomic mass is 15.0. The molecule has 1 saturated heterocycles. The molecule has 2 aromatic rings. The van der Waals surface area contributed by atoms with Gasteiger partial charge < -0.3 is 5.32 Å². The third-order valence-corrected chi connectivity index (χ3v) is 3.09. The van der Waals surface area contributed by atoms with Crippen LogP contribution in [0.15, 0.2) is 36.4 Å². The number of aryl methyl sites for hydroxylation is 1. The van der Waals surface area contributed by atoms with Crippen molar-refractivity contribution in [3.05, 3.63) is 47.9 Å². The number of aromatic nitrogens is 2. The second-order valence-electron chi connectivity index (χ2n) is 4.47. The lowest BCUT2D eigenvalue weighted by Gasteiger charge is -2.26. The van der Waals surface area contributed by atoms with Crippen LogP contribution in [0, 0.1) is 6.92 Å². The topological polar surface area (TPSA) is 37.8 Å². The zero-order valence-corrected chi connectivity index (χ0v) is 9.85. The van der Waals surface area contributed by atoms with Gasteiger partial charge in [0.2, 0.25) is 0 Å². The van der Waals surface area contributed by atoms with E-state index < -0.39 is 0 Å². The van der Waals surface area contributed by atoms with E-state index in [-0.39, 0.29) is 0 Å². The molecule has 0 unspecified atom stereocenters. The van der Waals surface area contributed by atoms with E-state index in [0.717, 1.165) is 35.9 Å². The van der Waals surface area contributed by atoms with Crippen molar-refractivity contribution in [2.75, 3.05) is 13.1 Å². The van der Waals surface area contributed by atoms with Gasteiger partial charge >= 0.3 is 0 Å². The molecule has 86 valence electrons. The summed E-state index contributed by atoms with van der Waals surface area (Å²) in [6, 6.07) is 12.3. The van der Waals surface area contributed by atoms with E-state index in [2.05, 4.69) is 27.4 Å². The van der Waals surface area contributed by atoms with Gasteiger partial charge in [-0.15, -0.1) is 0 Å². The summed E-state index contributed by atoms with van der Waals surface area (Å²) >= 11 is 0. The minimum atomic E-state index is 0.484. The molecule has 3 nitrogen and oxygen atoms in total. The smallest absolute Gasteiger partial charge is 0.134 e. The number of benzene rings is 1. The molecule has 1 aromatic heterocycles. The first-order valence-electron chi connectivity index (χ1n) is 5.94. The van der Waals surface area contributed by atoms with E-state index in [0.29, 0.717) is 5.92 Å². The molecule has 1 aliphatic heterocycles. The SMILES string of the molecule is Cc1cc(-c2ccccc2)nc(C2CNC2)n1. The Morgan fingerprint density at radius 2 is 1.88 bits per heavy atom. The fourth-order valence-electron chi connectivity index (χ4n) is 2.00. The summed E-state index contributed by atoms with van der Waals surface area (Å²) < 4.78 is 0. The van der Waals surface area contributed by atoms with E-state index >= 15 is 0 Å². The average molecular weight is 225 g/mol. The molecule has 3 heteroatoms. The van der Waals surface area contributed by atoms with Crippen LogP contribution in [0.4, 0.5) is 0 Å². The second kappa shape index (κ2) is 4.26.